The highest BCUT2D eigenvalue weighted by atomic mass is 35.5. The highest BCUT2D eigenvalue weighted by Crippen LogP contribution is 2.37. The third-order valence-electron chi connectivity index (χ3n) is 5.18. The first-order chi connectivity index (χ1) is 10.2. The van der Waals surface area contributed by atoms with Crippen LogP contribution in [0.3, 0.4) is 0 Å². The molecule has 3 unspecified atom stereocenters. The van der Waals surface area contributed by atoms with E-state index in [4.69, 9.17) is 21.1 Å². The fraction of sp³-hybridized carbons (Fsp3) is 0.625. The van der Waals surface area contributed by atoms with Crippen molar-refractivity contribution >= 4 is 11.6 Å². The lowest BCUT2D eigenvalue weighted by Crippen LogP contribution is -2.33. The van der Waals surface area contributed by atoms with Crippen LogP contribution >= 0.6 is 11.6 Å². The van der Waals surface area contributed by atoms with Crippen LogP contribution in [-0.2, 0) is 17.9 Å². The van der Waals surface area contributed by atoms with Gasteiger partial charge in [-0.15, -0.1) is 0 Å². The Hall–Kier alpha value is -0.810. The zero-order valence-electron chi connectivity index (χ0n) is 12.3. The van der Waals surface area contributed by atoms with E-state index in [0.29, 0.717) is 19.4 Å². The van der Waals surface area contributed by atoms with Crippen molar-refractivity contribution in [1.82, 2.24) is 10.2 Å². The molecule has 4 nitrogen and oxygen atoms in total. The molecule has 3 heterocycles. The molecular formula is C16H21ClN2O2. The van der Waals surface area contributed by atoms with E-state index in [1.54, 1.807) is 0 Å². The summed E-state index contributed by atoms with van der Waals surface area (Å²) in [5.41, 5.74) is 2.26. The van der Waals surface area contributed by atoms with Crippen molar-refractivity contribution in [1.29, 1.82) is 0 Å². The average Bonchev–Trinajstić information content (AvgIpc) is 3.03. The molecule has 2 fully saturated rings. The van der Waals surface area contributed by atoms with E-state index in [2.05, 4.69) is 17.1 Å². The van der Waals surface area contributed by atoms with Gasteiger partial charge in [-0.1, -0.05) is 11.6 Å². The van der Waals surface area contributed by atoms with Gasteiger partial charge in [0, 0.05) is 35.3 Å². The van der Waals surface area contributed by atoms with Crippen LogP contribution < -0.4 is 10.1 Å². The van der Waals surface area contributed by atoms with E-state index in [0.717, 1.165) is 54.4 Å². The minimum atomic E-state index is 0.340. The molecule has 21 heavy (non-hydrogen) atoms. The number of nitrogens with zero attached hydrogens (tertiary/aromatic N) is 1. The third kappa shape index (κ3) is 2.44. The van der Waals surface area contributed by atoms with Crippen LogP contribution in [0, 0.1) is 11.8 Å². The third-order valence-corrected chi connectivity index (χ3v) is 5.40. The van der Waals surface area contributed by atoms with Crippen LogP contribution in [-0.4, -0.2) is 37.4 Å². The van der Waals surface area contributed by atoms with Gasteiger partial charge in [0.25, 0.3) is 0 Å². The summed E-state index contributed by atoms with van der Waals surface area (Å²) in [5, 5.41) is 4.28. The molecule has 0 bridgehead atoms. The number of likely N-dealkylation sites (tertiary alicyclic amines) is 1. The minimum Gasteiger partial charge on any atom is -0.467 e. The van der Waals surface area contributed by atoms with E-state index < -0.39 is 0 Å². The molecular weight excluding hydrogens is 288 g/mol. The Labute approximate surface area is 130 Å². The fourth-order valence-corrected chi connectivity index (χ4v) is 4.32. The molecule has 0 amide bonds. The lowest BCUT2D eigenvalue weighted by molar-refractivity contribution is -0.0175. The molecule has 0 saturated carbocycles. The van der Waals surface area contributed by atoms with Gasteiger partial charge in [0.2, 0.25) is 0 Å². The summed E-state index contributed by atoms with van der Waals surface area (Å²) >= 11 is 6.26. The van der Waals surface area contributed by atoms with Crippen LogP contribution in [0.1, 0.15) is 18.1 Å². The van der Waals surface area contributed by atoms with Crippen molar-refractivity contribution in [2.75, 3.05) is 26.4 Å². The van der Waals surface area contributed by atoms with Gasteiger partial charge in [0.15, 0.2) is 6.79 Å². The Bertz CT molecular complexity index is 551. The van der Waals surface area contributed by atoms with Gasteiger partial charge in [0.05, 0.1) is 6.61 Å². The van der Waals surface area contributed by atoms with Gasteiger partial charge < -0.3 is 14.8 Å². The van der Waals surface area contributed by atoms with Crippen molar-refractivity contribution in [3.05, 3.63) is 28.3 Å². The molecule has 1 aromatic carbocycles. The Morgan fingerprint density at radius 1 is 1.38 bits per heavy atom. The molecule has 3 atom stereocenters. The van der Waals surface area contributed by atoms with Crippen LogP contribution in [0.2, 0.25) is 5.02 Å². The first kappa shape index (κ1) is 13.8. The number of nitrogens with one attached hydrogen (secondary N) is 1. The second kappa shape index (κ2) is 5.43. The van der Waals surface area contributed by atoms with Gasteiger partial charge in [-0.25, -0.2) is 0 Å². The summed E-state index contributed by atoms with van der Waals surface area (Å²) in [7, 11) is 0. The number of halogens is 1. The summed E-state index contributed by atoms with van der Waals surface area (Å²) in [6, 6.07) is 4.61. The van der Waals surface area contributed by atoms with Gasteiger partial charge in [-0.2, -0.15) is 0 Å². The Balaban J connectivity index is 1.58. The maximum Gasteiger partial charge on any atom is 0.189 e. The van der Waals surface area contributed by atoms with E-state index in [1.165, 1.54) is 5.56 Å². The van der Waals surface area contributed by atoms with Gasteiger partial charge in [-0.3, -0.25) is 4.90 Å². The first-order valence-corrected chi connectivity index (χ1v) is 8.07. The van der Waals surface area contributed by atoms with Crippen molar-refractivity contribution in [3.8, 4) is 5.75 Å². The van der Waals surface area contributed by atoms with Crippen LogP contribution in [0.4, 0.5) is 0 Å². The lowest BCUT2D eigenvalue weighted by Gasteiger charge is -2.27. The molecule has 114 valence electrons. The van der Waals surface area contributed by atoms with E-state index in [9.17, 15) is 0 Å². The molecule has 1 N–H and O–H groups in total. The molecule has 0 aliphatic carbocycles. The number of benzene rings is 1. The van der Waals surface area contributed by atoms with Crippen molar-refractivity contribution in [2.45, 2.75) is 26.1 Å². The maximum atomic E-state index is 6.26. The Kier molecular flexibility index (Phi) is 3.58. The van der Waals surface area contributed by atoms with Crippen LogP contribution in [0.25, 0.3) is 0 Å². The average molecular weight is 309 g/mol. The molecule has 4 rings (SSSR count). The largest absolute Gasteiger partial charge is 0.467 e. The molecule has 0 spiro atoms. The molecule has 5 heteroatoms. The SMILES string of the molecule is CC1C2CNCC2CN1Cc1cc(Cl)cc2c1OCOC2. The van der Waals surface area contributed by atoms with E-state index in [1.807, 2.05) is 12.1 Å². The molecule has 1 aromatic rings. The second-order valence-corrected chi connectivity index (χ2v) is 6.85. The quantitative estimate of drug-likeness (QED) is 0.908. The highest BCUT2D eigenvalue weighted by Gasteiger charge is 2.41. The van der Waals surface area contributed by atoms with E-state index in [-0.39, 0.29) is 0 Å². The fourth-order valence-electron chi connectivity index (χ4n) is 4.06. The zero-order chi connectivity index (χ0) is 14.4. The zero-order valence-corrected chi connectivity index (χ0v) is 13.0. The number of ether oxygens (including phenoxy) is 2. The summed E-state index contributed by atoms with van der Waals surface area (Å²) < 4.78 is 11.1. The normalized spacial score (nSPS) is 31.8. The van der Waals surface area contributed by atoms with Gasteiger partial charge in [0.1, 0.15) is 5.75 Å². The van der Waals surface area contributed by atoms with Crippen molar-refractivity contribution < 1.29 is 9.47 Å². The lowest BCUT2D eigenvalue weighted by atomic mass is 9.95. The predicted molar refractivity (Wildman–Crippen MR) is 81.5 cm³/mol. The highest BCUT2D eigenvalue weighted by molar-refractivity contribution is 6.30. The monoisotopic (exact) mass is 308 g/mol. The van der Waals surface area contributed by atoms with Crippen LogP contribution in [0.15, 0.2) is 12.1 Å². The van der Waals surface area contributed by atoms with Crippen molar-refractivity contribution in [2.24, 2.45) is 11.8 Å². The number of hydrogen-bond donors (Lipinski definition) is 1. The molecule has 2 saturated heterocycles. The maximum absolute atomic E-state index is 6.26. The second-order valence-electron chi connectivity index (χ2n) is 6.42. The van der Waals surface area contributed by atoms with E-state index >= 15 is 0 Å². The standard InChI is InChI=1S/C16H21ClN2O2/c1-10-15-5-18-4-13(15)7-19(10)6-11-2-14(17)3-12-8-20-9-21-16(11)12/h2-3,10,13,15,18H,4-9H2,1H3. The Morgan fingerprint density at radius 3 is 3.14 bits per heavy atom. The van der Waals surface area contributed by atoms with Crippen molar-refractivity contribution in [3.63, 3.8) is 0 Å². The predicted octanol–water partition coefficient (Wildman–Crippen LogP) is 2.25. The molecule has 3 aliphatic heterocycles. The summed E-state index contributed by atoms with van der Waals surface area (Å²) in [6.45, 7) is 7.66. The summed E-state index contributed by atoms with van der Waals surface area (Å²) in [6.07, 6.45) is 0. The first-order valence-electron chi connectivity index (χ1n) is 7.69. The van der Waals surface area contributed by atoms with Gasteiger partial charge >= 0.3 is 0 Å². The summed E-state index contributed by atoms with van der Waals surface area (Å²) in [4.78, 5) is 2.57. The molecule has 0 aromatic heterocycles. The number of rotatable bonds is 2. The molecule has 0 radical (unpaired) electrons. The number of fused-ring (bicyclic) bond motifs is 2. The summed E-state index contributed by atoms with van der Waals surface area (Å²) in [5.74, 6) is 2.55. The van der Waals surface area contributed by atoms with Crippen LogP contribution in [0.5, 0.6) is 5.75 Å². The smallest absolute Gasteiger partial charge is 0.189 e. The number of hydrogen-bond acceptors (Lipinski definition) is 4. The minimum absolute atomic E-state index is 0.340. The molecule has 3 aliphatic rings. The Morgan fingerprint density at radius 2 is 2.29 bits per heavy atom. The van der Waals surface area contributed by atoms with Gasteiger partial charge in [-0.05, 0) is 44.0 Å². The topological polar surface area (TPSA) is 33.7 Å².